The summed E-state index contributed by atoms with van der Waals surface area (Å²) in [4.78, 5) is 0. The Morgan fingerprint density at radius 3 is 2.18 bits per heavy atom. The first-order chi connectivity index (χ1) is 8.07. The van der Waals surface area contributed by atoms with Crippen LogP contribution in [0.3, 0.4) is 0 Å². The number of aliphatic hydroxyl groups is 1. The van der Waals surface area contributed by atoms with Crippen LogP contribution in [0.25, 0.3) is 0 Å². The lowest BCUT2D eigenvalue weighted by molar-refractivity contribution is 0.175. The summed E-state index contributed by atoms with van der Waals surface area (Å²) in [6.07, 6.45) is 2.50. The molecule has 1 aliphatic rings. The molecule has 1 fully saturated rings. The molecule has 0 amide bonds. The maximum atomic E-state index is 9.72. The molecule has 17 heavy (non-hydrogen) atoms. The molecule has 2 atom stereocenters. The summed E-state index contributed by atoms with van der Waals surface area (Å²) in [6.45, 7) is 2.19. The Bertz CT molecular complexity index is 380. The lowest BCUT2D eigenvalue weighted by atomic mass is 9.81. The van der Waals surface area contributed by atoms with Crippen molar-refractivity contribution in [3.8, 4) is 11.5 Å². The van der Waals surface area contributed by atoms with Crippen LogP contribution < -0.4 is 9.47 Å². The second-order valence-electron chi connectivity index (χ2n) is 5.06. The van der Waals surface area contributed by atoms with Crippen molar-refractivity contribution in [3.63, 3.8) is 0 Å². The van der Waals surface area contributed by atoms with Crippen molar-refractivity contribution in [1.82, 2.24) is 0 Å². The van der Waals surface area contributed by atoms with Crippen LogP contribution in [-0.2, 0) is 5.41 Å². The van der Waals surface area contributed by atoms with E-state index in [0.29, 0.717) is 0 Å². The fraction of sp³-hybridized carbons (Fsp3) is 0.571. The van der Waals surface area contributed by atoms with Crippen LogP contribution in [0.1, 0.15) is 31.7 Å². The molecule has 1 aromatic rings. The summed E-state index contributed by atoms with van der Waals surface area (Å²) < 4.78 is 10.6. The highest BCUT2D eigenvalue weighted by atomic mass is 16.5. The highest BCUT2D eigenvalue weighted by Gasteiger charge is 2.36. The summed E-state index contributed by atoms with van der Waals surface area (Å²) in [5, 5.41) is 9.72. The second kappa shape index (κ2) is 4.57. The van der Waals surface area contributed by atoms with E-state index in [4.69, 9.17) is 9.47 Å². The number of ether oxygens (including phenoxy) is 2. The van der Waals surface area contributed by atoms with Gasteiger partial charge in [-0.25, -0.2) is 0 Å². The van der Waals surface area contributed by atoms with Gasteiger partial charge in [0.1, 0.15) is 11.5 Å². The summed E-state index contributed by atoms with van der Waals surface area (Å²) in [6, 6.07) is 5.96. The minimum absolute atomic E-state index is 0.0290. The zero-order valence-electron chi connectivity index (χ0n) is 10.7. The Balaban J connectivity index is 2.37. The summed E-state index contributed by atoms with van der Waals surface area (Å²) >= 11 is 0. The largest absolute Gasteiger partial charge is 0.497 e. The molecule has 0 heterocycles. The number of aliphatic hydroxyl groups excluding tert-OH is 1. The molecular formula is C14H20O3. The van der Waals surface area contributed by atoms with Gasteiger partial charge in [0.2, 0.25) is 0 Å². The first kappa shape index (κ1) is 12.2. The molecule has 1 N–H and O–H groups in total. The van der Waals surface area contributed by atoms with E-state index in [1.807, 2.05) is 18.2 Å². The summed E-state index contributed by atoms with van der Waals surface area (Å²) in [7, 11) is 3.31. The van der Waals surface area contributed by atoms with Gasteiger partial charge < -0.3 is 14.6 Å². The van der Waals surface area contributed by atoms with E-state index < -0.39 is 0 Å². The van der Waals surface area contributed by atoms with Gasteiger partial charge in [-0.3, -0.25) is 0 Å². The van der Waals surface area contributed by atoms with Crippen LogP contribution >= 0.6 is 0 Å². The maximum absolute atomic E-state index is 9.72. The van der Waals surface area contributed by atoms with Crippen LogP contribution in [0.15, 0.2) is 18.2 Å². The summed E-state index contributed by atoms with van der Waals surface area (Å²) in [5.74, 6) is 1.61. The highest BCUT2D eigenvalue weighted by Crippen LogP contribution is 2.42. The number of hydrogen-bond donors (Lipinski definition) is 1. The van der Waals surface area contributed by atoms with E-state index >= 15 is 0 Å². The van der Waals surface area contributed by atoms with Crippen LogP contribution in [0.4, 0.5) is 0 Å². The molecule has 0 saturated heterocycles. The highest BCUT2D eigenvalue weighted by molar-refractivity contribution is 5.42. The zero-order chi connectivity index (χ0) is 12.5. The molecule has 1 saturated carbocycles. The minimum Gasteiger partial charge on any atom is -0.497 e. The topological polar surface area (TPSA) is 38.7 Å². The molecule has 0 spiro atoms. The third kappa shape index (κ3) is 2.39. The van der Waals surface area contributed by atoms with Gasteiger partial charge in [0.25, 0.3) is 0 Å². The van der Waals surface area contributed by atoms with Crippen molar-refractivity contribution in [2.75, 3.05) is 14.2 Å². The SMILES string of the molecule is COc1cc(OC)cc(C2(C)CCC(O)C2)c1. The Kier molecular flexibility index (Phi) is 3.29. The molecule has 2 rings (SSSR count). The number of rotatable bonds is 3. The average Bonchev–Trinajstić information content (AvgIpc) is 2.70. The van der Waals surface area contributed by atoms with E-state index in [1.54, 1.807) is 14.2 Å². The van der Waals surface area contributed by atoms with Crippen molar-refractivity contribution in [1.29, 1.82) is 0 Å². The standard InChI is InChI=1S/C14H20O3/c1-14(5-4-11(15)9-14)10-6-12(16-2)8-13(7-10)17-3/h6-8,11,15H,4-5,9H2,1-3H3. The molecule has 0 bridgehead atoms. The van der Waals surface area contributed by atoms with Crippen molar-refractivity contribution < 1.29 is 14.6 Å². The molecule has 2 unspecified atom stereocenters. The van der Waals surface area contributed by atoms with Crippen LogP contribution in [0, 0.1) is 0 Å². The summed E-state index contributed by atoms with van der Waals surface area (Å²) in [5.41, 5.74) is 1.21. The normalized spacial score (nSPS) is 28.1. The fourth-order valence-corrected chi connectivity index (χ4v) is 2.63. The number of benzene rings is 1. The molecule has 1 aromatic carbocycles. The molecule has 3 heteroatoms. The van der Waals surface area contributed by atoms with E-state index in [9.17, 15) is 5.11 Å². The first-order valence-electron chi connectivity index (χ1n) is 5.99. The van der Waals surface area contributed by atoms with Crippen LogP contribution in [-0.4, -0.2) is 25.4 Å². The Hall–Kier alpha value is -1.22. The van der Waals surface area contributed by atoms with Crippen LogP contribution in [0.5, 0.6) is 11.5 Å². The predicted molar refractivity (Wildman–Crippen MR) is 66.8 cm³/mol. The van der Waals surface area contributed by atoms with Gasteiger partial charge in [0, 0.05) is 6.07 Å². The Labute approximate surface area is 102 Å². The van der Waals surface area contributed by atoms with Gasteiger partial charge in [0.15, 0.2) is 0 Å². The lowest BCUT2D eigenvalue weighted by Gasteiger charge is -2.25. The van der Waals surface area contributed by atoms with Gasteiger partial charge in [-0.2, -0.15) is 0 Å². The van der Waals surface area contributed by atoms with Crippen molar-refractivity contribution in [2.45, 2.75) is 37.7 Å². The number of hydrogen-bond acceptors (Lipinski definition) is 3. The quantitative estimate of drug-likeness (QED) is 0.876. The molecular weight excluding hydrogens is 216 g/mol. The smallest absolute Gasteiger partial charge is 0.122 e. The van der Waals surface area contributed by atoms with E-state index in [2.05, 4.69) is 6.92 Å². The number of methoxy groups -OCH3 is 2. The molecule has 0 radical (unpaired) electrons. The van der Waals surface area contributed by atoms with Crippen molar-refractivity contribution in [3.05, 3.63) is 23.8 Å². The van der Waals surface area contributed by atoms with Crippen LogP contribution in [0.2, 0.25) is 0 Å². The predicted octanol–water partition coefficient (Wildman–Crippen LogP) is 2.51. The second-order valence-corrected chi connectivity index (χ2v) is 5.06. The Morgan fingerprint density at radius 2 is 1.76 bits per heavy atom. The molecule has 3 nitrogen and oxygen atoms in total. The van der Waals surface area contributed by atoms with Gasteiger partial charge in [0.05, 0.1) is 20.3 Å². The van der Waals surface area contributed by atoms with Gasteiger partial charge >= 0.3 is 0 Å². The van der Waals surface area contributed by atoms with Gasteiger partial charge in [-0.1, -0.05) is 6.92 Å². The minimum atomic E-state index is -0.183. The van der Waals surface area contributed by atoms with Crippen molar-refractivity contribution in [2.24, 2.45) is 0 Å². The molecule has 0 aliphatic heterocycles. The van der Waals surface area contributed by atoms with Crippen molar-refractivity contribution >= 4 is 0 Å². The first-order valence-corrected chi connectivity index (χ1v) is 5.99. The van der Waals surface area contributed by atoms with Gasteiger partial charge in [-0.05, 0) is 42.4 Å². The third-order valence-electron chi connectivity index (χ3n) is 3.76. The zero-order valence-corrected chi connectivity index (χ0v) is 10.7. The fourth-order valence-electron chi connectivity index (χ4n) is 2.63. The average molecular weight is 236 g/mol. The maximum Gasteiger partial charge on any atom is 0.122 e. The van der Waals surface area contributed by atoms with E-state index in [-0.39, 0.29) is 11.5 Å². The molecule has 1 aliphatic carbocycles. The van der Waals surface area contributed by atoms with E-state index in [0.717, 1.165) is 30.8 Å². The Morgan fingerprint density at radius 1 is 1.18 bits per heavy atom. The van der Waals surface area contributed by atoms with E-state index in [1.165, 1.54) is 5.56 Å². The third-order valence-corrected chi connectivity index (χ3v) is 3.76. The lowest BCUT2D eigenvalue weighted by Crippen LogP contribution is -2.19. The monoisotopic (exact) mass is 236 g/mol. The molecule has 94 valence electrons. The van der Waals surface area contributed by atoms with Gasteiger partial charge in [-0.15, -0.1) is 0 Å². The molecule has 0 aromatic heterocycles.